The first-order chi connectivity index (χ1) is 8.76. The number of hydrogen-bond donors (Lipinski definition) is 1. The molecule has 1 heterocycles. The largest absolute Gasteiger partial charge is 0.336 e. The maximum absolute atomic E-state index is 11.8. The van der Waals surface area contributed by atoms with Crippen LogP contribution < -0.4 is 5.32 Å². The molecule has 1 aliphatic carbocycles. The van der Waals surface area contributed by atoms with Crippen LogP contribution in [0.15, 0.2) is 12.4 Å². The first-order valence-corrected chi connectivity index (χ1v) is 6.80. The van der Waals surface area contributed by atoms with Crippen molar-refractivity contribution in [1.82, 2.24) is 19.8 Å². The normalized spacial score (nSPS) is 14.6. The van der Waals surface area contributed by atoms with Gasteiger partial charge < -0.3 is 14.8 Å². The van der Waals surface area contributed by atoms with Crippen molar-refractivity contribution in [1.29, 1.82) is 0 Å². The third-order valence-electron chi connectivity index (χ3n) is 3.37. The SMILES string of the molecule is CCN(CC)C(=O)NCCn1ccnc1C1CC1. The zero-order valence-corrected chi connectivity index (χ0v) is 11.2. The van der Waals surface area contributed by atoms with Crippen molar-refractivity contribution in [3.8, 4) is 0 Å². The van der Waals surface area contributed by atoms with E-state index in [0.29, 0.717) is 12.5 Å². The lowest BCUT2D eigenvalue weighted by atomic mass is 10.4. The van der Waals surface area contributed by atoms with E-state index in [1.54, 1.807) is 4.90 Å². The molecule has 18 heavy (non-hydrogen) atoms. The molecular weight excluding hydrogens is 228 g/mol. The average molecular weight is 250 g/mol. The number of urea groups is 1. The number of imidazole rings is 1. The van der Waals surface area contributed by atoms with Gasteiger partial charge in [-0.05, 0) is 26.7 Å². The Bertz CT molecular complexity index is 393. The quantitative estimate of drug-likeness (QED) is 0.837. The van der Waals surface area contributed by atoms with Gasteiger partial charge in [0.1, 0.15) is 5.82 Å². The van der Waals surface area contributed by atoms with Crippen molar-refractivity contribution >= 4 is 6.03 Å². The molecule has 0 aromatic carbocycles. The number of hydrogen-bond acceptors (Lipinski definition) is 2. The maximum atomic E-state index is 11.8. The van der Waals surface area contributed by atoms with E-state index in [9.17, 15) is 4.79 Å². The van der Waals surface area contributed by atoms with Crippen LogP contribution in [0.5, 0.6) is 0 Å². The molecule has 100 valence electrons. The van der Waals surface area contributed by atoms with E-state index in [2.05, 4.69) is 14.9 Å². The van der Waals surface area contributed by atoms with Gasteiger partial charge in [0.25, 0.3) is 0 Å². The molecule has 2 amide bonds. The Labute approximate surface area is 108 Å². The molecule has 1 aromatic rings. The lowest BCUT2D eigenvalue weighted by Gasteiger charge is -2.19. The molecular formula is C13H22N4O. The Kier molecular flexibility index (Phi) is 4.23. The molecule has 0 spiro atoms. The van der Waals surface area contributed by atoms with Gasteiger partial charge in [0.15, 0.2) is 0 Å². The monoisotopic (exact) mass is 250 g/mol. The number of carbonyl (C=O) groups excluding carboxylic acids is 1. The van der Waals surface area contributed by atoms with E-state index in [0.717, 1.165) is 19.6 Å². The highest BCUT2D eigenvalue weighted by Gasteiger charge is 2.27. The summed E-state index contributed by atoms with van der Waals surface area (Å²) in [5, 5.41) is 2.95. The second kappa shape index (κ2) is 5.89. The van der Waals surface area contributed by atoms with Crippen LogP contribution in [0.25, 0.3) is 0 Å². The molecule has 2 rings (SSSR count). The molecule has 1 fully saturated rings. The molecule has 0 atom stereocenters. The average Bonchev–Trinajstić information content (AvgIpc) is 3.11. The maximum Gasteiger partial charge on any atom is 0.317 e. The third-order valence-corrected chi connectivity index (χ3v) is 3.37. The number of nitrogens with zero attached hydrogens (tertiary/aromatic N) is 3. The molecule has 0 unspecified atom stereocenters. The van der Waals surface area contributed by atoms with Crippen molar-refractivity contribution in [2.45, 2.75) is 39.2 Å². The minimum Gasteiger partial charge on any atom is -0.336 e. The van der Waals surface area contributed by atoms with Gasteiger partial charge in [-0.3, -0.25) is 0 Å². The summed E-state index contributed by atoms with van der Waals surface area (Å²) in [6.45, 7) is 6.94. The lowest BCUT2D eigenvalue weighted by molar-refractivity contribution is 0.203. The molecule has 1 aliphatic rings. The fourth-order valence-electron chi connectivity index (χ4n) is 2.12. The topological polar surface area (TPSA) is 50.2 Å². The summed E-state index contributed by atoms with van der Waals surface area (Å²) in [6.07, 6.45) is 6.35. The molecule has 0 saturated heterocycles. The van der Waals surface area contributed by atoms with E-state index in [4.69, 9.17) is 0 Å². The van der Waals surface area contributed by atoms with E-state index in [-0.39, 0.29) is 6.03 Å². The standard InChI is InChI=1S/C13H22N4O/c1-3-16(4-2)13(18)15-8-10-17-9-7-14-12(17)11-5-6-11/h7,9,11H,3-6,8,10H2,1-2H3,(H,15,18). The summed E-state index contributed by atoms with van der Waals surface area (Å²) < 4.78 is 2.15. The number of aromatic nitrogens is 2. The second-order valence-electron chi connectivity index (χ2n) is 4.66. The van der Waals surface area contributed by atoms with Crippen LogP contribution in [0.4, 0.5) is 4.79 Å². The van der Waals surface area contributed by atoms with Crippen molar-refractivity contribution in [2.24, 2.45) is 0 Å². The van der Waals surface area contributed by atoms with E-state index in [1.807, 2.05) is 26.2 Å². The molecule has 1 saturated carbocycles. The zero-order valence-electron chi connectivity index (χ0n) is 11.2. The van der Waals surface area contributed by atoms with Crippen molar-refractivity contribution in [3.05, 3.63) is 18.2 Å². The molecule has 1 N–H and O–H groups in total. The van der Waals surface area contributed by atoms with Crippen molar-refractivity contribution in [2.75, 3.05) is 19.6 Å². The Morgan fingerprint density at radius 1 is 1.50 bits per heavy atom. The van der Waals surface area contributed by atoms with Gasteiger partial charge in [-0.25, -0.2) is 9.78 Å². The predicted molar refractivity (Wildman–Crippen MR) is 70.5 cm³/mol. The summed E-state index contributed by atoms with van der Waals surface area (Å²) in [7, 11) is 0. The minimum absolute atomic E-state index is 0.0214. The summed E-state index contributed by atoms with van der Waals surface area (Å²) in [5.74, 6) is 1.82. The van der Waals surface area contributed by atoms with Crippen LogP contribution in [0.2, 0.25) is 0 Å². The van der Waals surface area contributed by atoms with Crippen LogP contribution >= 0.6 is 0 Å². The van der Waals surface area contributed by atoms with Gasteiger partial charge in [-0.2, -0.15) is 0 Å². The van der Waals surface area contributed by atoms with E-state index >= 15 is 0 Å². The molecule has 5 heteroatoms. The first kappa shape index (κ1) is 12.9. The van der Waals surface area contributed by atoms with Crippen LogP contribution in [0.1, 0.15) is 38.4 Å². The highest BCUT2D eigenvalue weighted by Crippen LogP contribution is 2.38. The smallest absolute Gasteiger partial charge is 0.317 e. The predicted octanol–water partition coefficient (Wildman–Crippen LogP) is 1.81. The number of nitrogens with one attached hydrogen (secondary N) is 1. The molecule has 5 nitrogen and oxygen atoms in total. The Morgan fingerprint density at radius 2 is 2.22 bits per heavy atom. The Hall–Kier alpha value is -1.52. The van der Waals surface area contributed by atoms with E-state index in [1.165, 1.54) is 18.7 Å². The lowest BCUT2D eigenvalue weighted by Crippen LogP contribution is -2.40. The van der Waals surface area contributed by atoms with Gasteiger partial charge in [0.2, 0.25) is 0 Å². The van der Waals surface area contributed by atoms with Gasteiger partial charge in [-0.1, -0.05) is 0 Å². The highest BCUT2D eigenvalue weighted by atomic mass is 16.2. The minimum atomic E-state index is 0.0214. The fraction of sp³-hybridized carbons (Fsp3) is 0.692. The van der Waals surface area contributed by atoms with Crippen molar-refractivity contribution in [3.63, 3.8) is 0 Å². The Balaban J connectivity index is 1.77. The summed E-state index contributed by atoms with van der Waals surface area (Å²) in [4.78, 5) is 17.9. The van der Waals surface area contributed by atoms with Gasteiger partial charge >= 0.3 is 6.03 Å². The highest BCUT2D eigenvalue weighted by molar-refractivity contribution is 5.73. The molecule has 0 radical (unpaired) electrons. The molecule has 0 bridgehead atoms. The second-order valence-corrected chi connectivity index (χ2v) is 4.66. The third kappa shape index (κ3) is 3.03. The van der Waals surface area contributed by atoms with Gasteiger partial charge in [0, 0.05) is 44.5 Å². The summed E-state index contributed by atoms with van der Waals surface area (Å²) in [6, 6.07) is 0.0214. The van der Waals surface area contributed by atoms with Gasteiger partial charge in [0.05, 0.1) is 0 Å². The molecule has 0 aliphatic heterocycles. The molecule has 1 aromatic heterocycles. The number of carbonyl (C=O) groups is 1. The summed E-state index contributed by atoms with van der Waals surface area (Å²) in [5.41, 5.74) is 0. The fourth-order valence-corrected chi connectivity index (χ4v) is 2.12. The zero-order chi connectivity index (χ0) is 13.0. The summed E-state index contributed by atoms with van der Waals surface area (Å²) >= 11 is 0. The number of rotatable bonds is 6. The van der Waals surface area contributed by atoms with Crippen LogP contribution in [0, 0.1) is 0 Å². The first-order valence-electron chi connectivity index (χ1n) is 6.80. The van der Waals surface area contributed by atoms with Crippen LogP contribution in [0.3, 0.4) is 0 Å². The van der Waals surface area contributed by atoms with Crippen LogP contribution in [-0.4, -0.2) is 40.1 Å². The number of amides is 2. The van der Waals surface area contributed by atoms with E-state index < -0.39 is 0 Å². The van der Waals surface area contributed by atoms with Gasteiger partial charge in [-0.15, -0.1) is 0 Å². The van der Waals surface area contributed by atoms with Crippen LogP contribution in [-0.2, 0) is 6.54 Å². The Morgan fingerprint density at radius 3 is 2.83 bits per heavy atom. The van der Waals surface area contributed by atoms with Crippen molar-refractivity contribution < 1.29 is 4.79 Å².